The fourth-order valence-electron chi connectivity index (χ4n) is 0.707. The molecular weight excluding hydrogens is 150 g/mol. The lowest BCUT2D eigenvalue weighted by molar-refractivity contribution is 0.270. The Bertz CT molecular complexity index is 222. The second-order valence-electron chi connectivity index (χ2n) is 1.90. The van der Waals surface area contributed by atoms with E-state index in [1.54, 1.807) is 0 Å². The molecule has 0 saturated carbocycles. The van der Waals surface area contributed by atoms with Gasteiger partial charge in [0.1, 0.15) is 0 Å². The molecule has 56 valence electrons. The topological polar surface area (TPSA) is 46.3 Å². The van der Waals surface area contributed by atoms with Crippen molar-refractivity contribution in [1.29, 1.82) is 0 Å². The fourth-order valence-corrected chi connectivity index (χ4v) is 1.28. The van der Waals surface area contributed by atoms with E-state index in [1.165, 1.54) is 11.8 Å². The summed E-state index contributed by atoms with van der Waals surface area (Å²) < 4.78 is 4.89. The van der Waals surface area contributed by atoms with Crippen molar-refractivity contribution in [3.63, 3.8) is 0 Å². The average Bonchev–Trinajstić information content (AvgIpc) is 2.30. The summed E-state index contributed by atoms with van der Waals surface area (Å²) in [6, 6.07) is 0. The highest BCUT2D eigenvalue weighted by Crippen LogP contribution is 2.22. The average molecular weight is 159 g/mol. The molecule has 0 amide bonds. The highest BCUT2D eigenvalue weighted by atomic mass is 32.2. The number of nitrogens with zero attached hydrogens (tertiary/aromatic N) is 1. The van der Waals surface area contributed by atoms with Crippen LogP contribution in [0, 0.1) is 6.92 Å². The smallest absolute Gasteiger partial charge is 0.198 e. The van der Waals surface area contributed by atoms with Crippen LogP contribution >= 0.6 is 11.8 Å². The molecule has 0 saturated heterocycles. The van der Waals surface area contributed by atoms with Crippen molar-refractivity contribution >= 4 is 11.8 Å². The van der Waals surface area contributed by atoms with E-state index in [1.807, 2.05) is 13.2 Å². The van der Waals surface area contributed by atoms with Crippen molar-refractivity contribution < 1.29 is 9.63 Å². The van der Waals surface area contributed by atoms with E-state index in [9.17, 15) is 0 Å². The minimum Gasteiger partial charge on any atom is -0.391 e. The summed E-state index contributed by atoms with van der Waals surface area (Å²) in [6.07, 6.45) is 1.89. The zero-order valence-corrected chi connectivity index (χ0v) is 6.73. The third-order valence-electron chi connectivity index (χ3n) is 1.29. The molecule has 1 N–H and O–H groups in total. The van der Waals surface area contributed by atoms with Gasteiger partial charge in [-0.25, -0.2) is 0 Å². The van der Waals surface area contributed by atoms with Crippen molar-refractivity contribution in [1.82, 2.24) is 5.16 Å². The number of rotatable bonds is 2. The van der Waals surface area contributed by atoms with E-state index >= 15 is 0 Å². The molecule has 0 aliphatic carbocycles. The summed E-state index contributed by atoms with van der Waals surface area (Å²) >= 11 is 1.45. The van der Waals surface area contributed by atoms with Crippen molar-refractivity contribution in [2.45, 2.75) is 18.6 Å². The predicted molar refractivity (Wildman–Crippen MR) is 38.9 cm³/mol. The van der Waals surface area contributed by atoms with E-state index in [4.69, 9.17) is 9.63 Å². The molecule has 4 heteroatoms. The van der Waals surface area contributed by atoms with Gasteiger partial charge in [0, 0.05) is 0 Å². The van der Waals surface area contributed by atoms with Gasteiger partial charge in [-0.15, -0.1) is 0 Å². The maximum absolute atomic E-state index is 8.81. The van der Waals surface area contributed by atoms with Gasteiger partial charge in [-0.05, 0) is 13.2 Å². The highest BCUT2D eigenvalue weighted by molar-refractivity contribution is 7.98. The Hall–Kier alpha value is -0.480. The van der Waals surface area contributed by atoms with Crippen LogP contribution in [0.2, 0.25) is 0 Å². The molecule has 0 aliphatic heterocycles. The first kappa shape index (κ1) is 7.63. The SMILES string of the molecule is CSc1onc(C)c1CO. The molecule has 1 aromatic rings. The lowest BCUT2D eigenvalue weighted by Gasteiger charge is -1.90. The molecule has 3 nitrogen and oxygen atoms in total. The zero-order chi connectivity index (χ0) is 7.56. The van der Waals surface area contributed by atoms with Gasteiger partial charge in [0.05, 0.1) is 17.9 Å². The number of thioether (sulfide) groups is 1. The molecule has 1 rings (SSSR count). The van der Waals surface area contributed by atoms with E-state index in [0.717, 1.165) is 11.3 Å². The second-order valence-corrected chi connectivity index (χ2v) is 2.68. The lowest BCUT2D eigenvalue weighted by Crippen LogP contribution is -1.84. The normalized spacial score (nSPS) is 10.3. The Morgan fingerprint density at radius 2 is 2.40 bits per heavy atom. The van der Waals surface area contributed by atoms with Gasteiger partial charge >= 0.3 is 0 Å². The quantitative estimate of drug-likeness (QED) is 0.658. The lowest BCUT2D eigenvalue weighted by atomic mass is 10.3. The van der Waals surface area contributed by atoms with Gasteiger partial charge in [-0.1, -0.05) is 16.9 Å². The van der Waals surface area contributed by atoms with Crippen LogP contribution in [0.25, 0.3) is 0 Å². The van der Waals surface area contributed by atoms with Crippen LogP contribution < -0.4 is 0 Å². The Morgan fingerprint density at radius 3 is 2.80 bits per heavy atom. The van der Waals surface area contributed by atoms with Gasteiger partial charge in [-0.3, -0.25) is 0 Å². The molecule has 0 bridgehead atoms. The highest BCUT2D eigenvalue weighted by Gasteiger charge is 2.09. The first-order chi connectivity index (χ1) is 4.79. The molecule has 0 spiro atoms. The van der Waals surface area contributed by atoms with E-state index in [0.29, 0.717) is 5.09 Å². The number of hydrogen-bond donors (Lipinski definition) is 1. The van der Waals surface area contributed by atoms with Crippen molar-refractivity contribution in [3.8, 4) is 0 Å². The molecule has 0 aliphatic rings. The van der Waals surface area contributed by atoms with Crippen LogP contribution in [0.5, 0.6) is 0 Å². The molecule has 0 atom stereocenters. The fraction of sp³-hybridized carbons (Fsp3) is 0.500. The van der Waals surface area contributed by atoms with Gasteiger partial charge in [-0.2, -0.15) is 0 Å². The van der Waals surface area contributed by atoms with E-state index in [2.05, 4.69) is 5.16 Å². The maximum Gasteiger partial charge on any atom is 0.198 e. The Labute approximate surface area is 63.4 Å². The van der Waals surface area contributed by atoms with E-state index in [-0.39, 0.29) is 6.61 Å². The monoisotopic (exact) mass is 159 g/mol. The summed E-state index contributed by atoms with van der Waals surface area (Å²) in [5.74, 6) is 0. The van der Waals surface area contributed by atoms with Crippen LogP contribution in [0.15, 0.2) is 9.62 Å². The summed E-state index contributed by atoms with van der Waals surface area (Å²) in [7, 11) is 0. The van der Waals surface area contributed by atoms with Crippen molar-refractivity contribution in [3.05, 3.63) is 11.3 Å². The third-order valence-corrected chi connectivity index (χ3v) is 1.98. The molecule has 10 heavy (non-hydrogen) atoms. The first-order valence-electron chi connectivity index (χ1n) is 2.89. The summed E-state index contributed by atoms with van der Waals surface area (Å²) in [6.45, 7) is 1.82. The standard InChI is InChI=1S/C6H9NO2S/c1-4-5(3-8)6(10-2)9-7-4/h8H,3H2,1-2H3. The van der Waals surface area contributed by atoms with Crippen molar-refractivity contribution in [2.24, 2.45) is 0 Å². The third kappa shape index (κ3) is 1.17. The van der Waals surface area contributed by atoms with Gasteiger partial charge in [0.25, 0.3) is 0 Å². The predicted octanol–water partition coefficient (Wildman–Crippen LogP) is 1.20. The summed E-state index contributed by atoms with van der Waals surface area (Å²) in [5, 5.41) is 13.2. The van der Waals surface area contributed by atoms with Crippen LogP contribution in [0.1, 0.15) is 11.3 Å². The minimum atomic E-state index is 0.00546. The van der Waals surface area contributed by atoms with Crippen LogP contribution in [0.3, 0.4) is 0 Å². The van der Waals surface area contributed by atoms with Crippen LogP contribution in [-0.4, -0.2) is 16.5 Å². The first-order valence-corrected chi connectivity index (χ1v) is 4.12. The summed E-state index contributed by atoms with van der Waals surface area (Å²) in [4.78, 5) is 0. The molecule has 0 aromatic carbocycles. The minimum absolute atomic E-state index is 0.00546. The molecular formula is C6H9NO2S. The Kier molecular flexibility index (Phi) is 2.34. The second kappa shape index (κ2) is 3.07. The molecule has 1 heterocycles. The molecule has 0 radical (unpaired) electrons. The number of aryl methyl sites for hydroxylation is 1. The molecule has 1 aromatic heterocycles. The maximum atomic E-state index is 8.81. The number of hydrogen-bond acceptors (Lipinski definition) is 4. The largest absolute Gasteiger partial charge is 0.391 e. The Morgan fingerprint density at radius 1 is 1.70 bits per heavy atom. The van der Waals surface area contributed by atoms with Crippen LogP contribution in [0.4, 0.5) is 0 Å². The Balaban J connectivity index is 3.01. The number of aromatic nitrogens is 1. The van der Waals surface area contributed by atoms with Gasteiger partial charge in [0.2, 0.25) is 0 Å². The molecule has 0 unspecified atom stereocenters. The van der Waals surface area contributed by atoms with Crippen molar-refractivity contribution in [2.75, 3.05) is 6.26 Å². The van der Waals surface area contributed by atoms with Crippen LogP contribution in [-0.2, 0) is 6.61 Å². The zero-order valence-electron chi connectivity index (χ0n) is 5.92. The summed E-state index contributed by atoms with van der Waals surface area (Å²) in [5.41, 5.74) is 1.57. The number of aliphatic hydroxyl groups is 1. The number of aliphatic hydroxyl groups excluding tert-OH is 1. The van der Waals surface area contributed by atoms with E-state index < -0.39 is 0 Å². The van der Waals surface area contributed by atoms with Gasteiger partial charge < -0.3 is 9.63 Å². The van der Waals surface area contributed by atoms with Gasteiger partial charge in [0.15, 0.2) is 5.09 Å². The molecule has 0 fully saturated rings.